The van der Waals surface area contributed by atoms with E-state index in [0.717, 1.165) is 30.6 Å². The van der Waals surface area contributed by atoms with Gasteiger partial charge in [-0.05, 0) is 17.7 Å². The van der Waals surface area contributed by atoms with Crippen LogP contribution in [0.5, 0.6) is 5.75 Å². The van der Waals surface area contributed by atoms with Gasteiger partial charge in [-0.15, -0.1) is 0 Å². The van der Waals surface area contributed by atoms with Gasteiger partial charge in [0.1, 0.15) is 5.75 Å². The molecule has 0 fully saturated rings. The van der Waals surface area contributed by atoms with Crippen molar-refractivity contribution in [2.75, 3.05) is 20.3 Å². The van der Waals surface area contributed by atoms with Crippen molar-refractivity contribution in [1.82, 2.24) is 0 Å². The number of hydrogen-bond donors (Lipinski definition) is 2. The van der Waals surface area contributed by atoms with Gasteiger partial charge in [0.05, 0.1) is 13.7 Å². The summed E-state index contributed by atoms with van der Waals surface area (Å²) in [5.41, 5.74) is 2.37. The van der Waals surface area contributed by atoms with Crippen LogP contribution in [0.2, 0.25) is 14.8 Å². The van der Waals surface area contributed by atoms with Crippen LogP contribution in [0.1, 0.15) is 45.1 Å². The van der Waals surface area contributed by atoms with Crippen LogP contribution in [0.3, 0.4) is 0 Å². The van der Waals surface area contributed by atoms with E-state index in [4.69, 9.17) is 9.47 Å². The summed E-state index contributed by atoms with van der Waals surface area (Å²) < 4.78 is 12.2. The van der Waals surface area contributed by atoms with Gasteiger partial charge in [0.25, 0.3) is 0 Å². The molecule has 0 heterocycles. The van der Waals surface area contributed by atoms with Gasteiger partial charge >= 0.3 is 141 Å². The standard InChI is InChI=1S/C23H35O4.3CH3.Sn/c1-5-20(15-24)14-22(25)13-18(2)7-6-8-19(3)16-27-17-21-9-11-23(26-4)12-10-21;;;;/h8-12,18,20,22,24-25H,1,6-7,13-17H2,2-4H3;3*1H3;/b19-8+;;;;/t18-,20+,22+;;;;/m1..../s1. The Bertz CT molecular complexity index is 676. The molecule has 0 bridgehead atoms. The predicted octanol–water partition coefficient (Wildman–Crippen LogP) is 5.76. The van der Waals surface area contributed by atoms with E-state index in [1.54, 1.807) is 7.11 Å². The van der Waals surface area contributed by atoms with Crippen molar-refractivity contribution in [3.63, 3.8) is 0 Å². The Balaban J connectivity index is 2.31. The van der Waals surface area contributed by atoms with Crippen molar-refractivity contribution in [3.8, 4) is 5.75 Å². The molecule has 2 N–H and O–H groups in total. The first kappa shape index (κ1) is 28.2. The third kappa shape index (κ3) is 11.6. The van der Waals surface area contributed by atoms with Crippen LogP contribution in [0.25, 0.3) is 0 Å². The fraction of sp³-hybridized carbons (Fsp3) is 0.615. The van der Waals surface area contributed by atoms with Gasteiger partial charge in [-0.25, -0.2) is 0 Å². The molecular weight excluding hydrogens is 495 g/mol. The van der Waals surface area contributed by atoms with Crippen LogP contribution in [0, 0.1) is 11.8 Å². The molecule has 5 heteroatoms. The average molecular weight is 539 g/mol. The molecule has 0 aromatic heterocycles. The molecule has 0 unspecified atom stereocenters. The molecular formula is C26H44O4Sn. The molecule has 3 atom stereocenters. The van der Waals surface area contributed by atoms with E-state index in [1.165, 1.54) is 9.16 Å². The molecule has 0 saturated heterocycles. The zero-order chi connectivity index (χ0) is 23.4. The number of benzene rings is 1. The fourth-order valence-corrected chi connectivity index (χ4v) is 7.76. The van der Waals surface area contributed by atoms with E-state index in [9.17, 15) is 10.2 Å². The van der Waals surface area contributed by atoms with Gasteiger partial charge in [0.2, 0.25) is 0 Å². The Morgan fingerprint density at radius 2 is 1.81 bits per heavy atom. The monoisotopic (exact) mass is 540 g/mol. The van der Waals surface area contributed by atoms with Crippen molar-refractivity contribution in [2.45, 2.75) is 67.1 Å². The number of allylic oxidation sites excluding steroid dienone is 1. The maximum atomic E-state index is 10.5. The van der Waals surface area contributed by atoms with E-state index < -0.39 is 18.4 Å². The van der Waals surface area contributed by atoms with Gasteiger partial charge in [-0.3, -0.25) is 0 Å². The summed E-state index contributed by atoms with van der Waals surface area (Å²) in [6.07, 6.45) is 5.28. The normalized spacial score (nSPS) is 15.4. The van der Waals surface area contributed by atoms with Crippen LogP contribution in [-0.2, 0) is 11.3 Å². The molecule has 0 radical (unpaired) electrons. The van der Waals surface area contributed by atoms with E-state index >= 15 is 0 Å². The Kier molecular flexibility index (Phi) is 13.1. The first-order valence-corrected chi connectivity index (χ1v) is 21.4. The minimum atomic E-state index is -2.26. The molecule has 31 heavy (non-hydrogen) atoms. The van der Waals surface area contributed by atoms with Crippen LogP contribution >= 0.6 is 0 Å². The van der Waals surface area contributed by atoms with Crippen molar-refractivity contribution >= 4 is 18.4 Å². The Labute approximate surface area is 194 Å². The SMILES string of the molecule is C=[C]([C@H](CO)C[C@@H](O)C[C@H](C)CC/C=C(\C)COCc1ccc(OC)cc1)[Sn]([CH3])([CH3])[CH3]. The van der Waals surface area contributed by atoms with Crippen molar-refractivity contribution < 1.29 is 19.7 Å². The number of ether oxygens (including phenoxy) is 2. The summed E-state index contributed by atoms with van der Waals surface area (Å²) in [5.74, 6) is 1.33. The number of methoxy groups -OCH3 is 1. The number of aliphatic hydroxyl groups is 2. The summed E-state index contributed by atoms with van der Waals surface area (Å²) in [7, 11) is 1.67. The predicted molar refractivity (Wildman–Crippen MR) is 133 cm³/mol. The molecule has 1 rings (SSSR count). The average Bonchev–Trinajstić information content (AvgIpc) is 2.71. The van der Waals surface area contributed by atoms with Crippen molar-refractivity contribution in [1.29, 1.82) is 0 Å². The summed E-state index contributed by atoms with van der Waals surface area (Å²) in [5, 5.41) is 20.3. The molecule has 0 spiro atoms. The molecule has 176 valence electrons. The molecule has 0 aliphatic heterocycles. The zero-order valence-electron chi connectivity index (χ0n) is 20.5. The first-order chi connectivity index (χ1) is 14.6. The molecule has 4 nitrogen and oxygen atoms in total. The van der Waals surface area contributed by atoms with Crippen LogP contribution in [0.15, 0.2) is 46.1 Å². The van der Waals surface area contributed by atoms with Crippen LogP contribution in [0.4, 0.5) is 0 Å². The van der Waals surface area contributed by atoms with Crippen LogP contribution < -0.4 is 4.74 Å². The summed E-state index contributed by atoms with van der Waals surface area (Å²) in [6.45, 7) is 9.85. The molecule has 0 amide bonds. The third-order valence-corrected chi connectivity index (χ3v) is 12.5. The van der Waals surface area contributed by atoms with Gasteiger partial charge in [-0.2, -0.15) is 0 Å². The Hall–Kier alpha value is -0.821. The van der Waals surface area contributed by atoms with E-state index in [2.05, 4.69) is 41.3 Å². The molecule has 1 aromatic carbocycles. The van der Waals surface area contributed by atoms with E-state index in [0.29, 0.717) is 25.6 Å². The van der Waals surface area contributed by atoms with Crippen molar-refractivity contribution in [2.24, 2.45) is 11.8 Å². The summed E-state index contributed by atoms with van der Waals surface area (Å²) in [4.78, 5) is 6.93. The summed E-state index contributed by atoms with van der Waals surface area (Å²) in [6, 6.07) is 7.93. The second kappa shape index (κ2) is 14.4. The van der Waals surface area contributed by atoms with Gasteiger partial charge in [-0.1, -0.05) is 12.1 Å². The van der Waals surface area contributed by atoms with E-state index in [-0.39, 0.29) is 18.6 Å². The maximum absolute atomic E-state index is 10.5. The topological polar surface area (TPSA) is 58.9 Å². The fourth-order valence-electron chi connectivity index (χ4n) is 3.67. The Morgan fingerprint density at radius 1 is 1.16 bits per heavy atom. The van der Waals surface area contributed by atoms with Gasteiger partial charge in [0.15, 0.2) is 0 Å². The third-order valence-electron chi connectivity index (χ3n) is 5.82. The quantitative estimate of drug-likeness (QED) is 0.220. The van der Waals surface area contributed by atoms with E-state index in [1.807, 2.05) is 24.3 Å². The molecule has 1 aromatic rings. The Morgan fingerprint density at radius 3 is 2.35 bits per heavy atom. The second-order valence-corrected chi connectivity index (χ2v) is 24.5. The summed E-state index contributed by atoms with van der Waals surface area (Å²) >= 11 is -2.26. The number of rotatable bonds is 15. The zero-order valence-corrected chi connectivity index (χ0v) is 23.3. The van der Waals surface area contributed by atoms with Crippen molar-refractivity contribution in [3.05, 3.63) is 51.6 Å². The number of aliphatic hydroxyl groups excluding tert-OH is 2. The number of hydrogen-bond acceptors (Lipinski definition) is 4. The molecule has 0 aliphatic rings. The van der Waals surface area contributed by atoms with Gasteiger partial charge < -0.3 is 4.74 Å². The first-order valence-electron chi connectivity index (χ1n) is 11.4. The van der Waals surface area contributed by atoms with Gasteiger partial charge in [0, 0.05) is 0 Å². The second-order valence-electron chi connectivity index (χ2n) is 9.85. The molecule has 0 saturated carbocycles. The molecule has 0 aliphatic carbocycles. The van der Waals surface area contributed by atoms with Crippen LogP contribution in [-0.4, -0.2) is 55.0 Å². The minimum absolute atomic E-state index is 0.0444.